The summed E-state index contributed by atoms with van der Waals surface area (Å²) in [6.45, 7) is 3.22. The zero-order valence-corrected chi connectivity index (χ0v) is 10.4. The molecule has 1 aliphatic rings. The normalized spacial score (nSPS) is 13.1. The summed E-state index contributed by atoms with van der Waals surface area (Å²) in [6, 6.07) is 8.68. The molecule has 0 saturated carbocycles. The van der Waals surface area contributed by atoms with Crippen LogP contribution in [0.1, 0.15) is 18.1 Å². The summed E-state index contributed by atoms with van der Waals surface area (Å²) < 4.78 is 7.63. The van der Waals surface area contributed by atoms with Gasteiger partial charge in [-0.3, -0.25) is 0 Å². The fourth-order valence-electron chi connectivity index (χ4n) is 2.72. The van der Waals surface area contributed by atoms with Gasteiger partial charge in [0.05, 0.1) is 12.8 Å². The van der Waals surface area contributed by atoms with E-state index in [1.807, 2.05) is 0 Å². The molecule has 17 heavy (non-hydrogen) atoms. The number of aryl methyl sites for hydroxylation is 3. The lowest BCUT2D eigenvalue weighted by Gasteiger charge is -2.20. The van der Waals surface area contributed by atoms with E-state index >= 15 is 0 Å². The second-order valence-corrected chi connectivity index (χ2v) is 4.50. The van der Waals surface area contributed by atoms with Crippen molar-refractivity contribution in [3.05, 3.63) is 41.6 Å². The first kappa shape index (κ1) is 10.5. The van der Waals surface area contributed by atoms with E-state index in [-0.39, 0.29) is 0 Å². The second kappa shape index (κ2) is 3.95. The van der Waals surface area contributed by atoms with Crippen molar-refractivity contribution in [3.8, 4) is 17.0 Å². The van der Waals surface area contributed by atoms with Gasteiger partial charge >= 0.3 is 0 Å². The van der Waals surface area contributed by atoms with Gasteiger partial charge in [0.25, 0.3) is 0 Å². The Morgan fingerprint density at radius 1 is 1.18 bits per heavy atom. The maximum Gasteiger partial charge on any atom is 0.119 e. The number of aromatic nitrogens is 1. The lowest BCUT2D eigenvalue weighted by molar-refractivity contribution is 0.414. The molecule has 0 radical (unpaired) electrons. The van der Waals surface area contributed by atoms with Crippen LogP contribution in [0.25, 0.3) is 11.3 Å². The molecular weight excluding hydrogens is 210 g/mol. The largest absolute Gasteiger partial charge is 0.497 e. The van der Waals surface area contributed by atoms with Crippen molar-refractivity contribution in [3.63, 3.8) is 0 Å². The molecule has 1 aromatic heterocycles. The molecule has 88 valence electrons. The van der Waals surface area contributed by atoms with Crippen molar-refractivity contribution >= 4 is 0 Å². The van der Waals surface area contributed by atoms with Gasteiger partial charge in [-0.1, -0.05) is 0 Å². The minimum atomic E-state index is 0.960. The van der Waals surface area contributed by atoms with Crippen LogP contribution in [0.5, 0.6) is 5.75 Å². The van der Waals surface area contributed by atoms with Gasteiger partial charge in [0.15, 0.2) is 0 Å². The molecule has 2 aromatic rings. The van der Waals surface area contributed by atoms with E-state index < -0.39 is 0 Å². The molecule has 1 heterocycles. The molecule has 1 aromatic carbocycles. The summed E-state index contributed by atoms with van der Waals surface area (Å²) >= 11 is 0. The Morgan fingerprint density at radius 2 is 2.00 bits per heavy atom. The van der Waals surface area contributed by atoms with Crippen molar-refractivity contribution in [2.24, 2.45) is 0 Å². The van der Waals surface area contributed by atoms with Crippen molar-refractivity contribution in [2.45, 2.75) is 26.3 Å². The van der Waals surface area contributed by atoms with Gasteiger partial charge in [-0.15, -0.1) is 0 Å². The summed E-state index contributed by atoms with van der Waals surface area (Å²) in [7, 11) is 1.73. The molecule has 3 rings (SSSR count). The third kappa shape index (κ3) is 1.55. The van der Waals surface area contributed by atoms with Gasteiger partial charge in [0.2, 0.25) is 0 Å². The Bertz CT molecular complexity index is 541. The van der Waals surface area contributed by atoms with Crippen LogP contribution in [-0.2, 0) is 19.4 Å². The lowest BCUT2D eigenvalue weighted by atomic mass is 9.90. The van der Waals surface area contributed by atoms with Gasteiger partial charge in [-0.2, -0.15) is 0 Å². The quantitative estimate of drug-likeness (QED) is 0.768. The predicted octanol–water partition coefficient (Wildman–Crippen LogP) is 3.28. The fourth-order valence-corrected chi connectivity index (χ4v) is 2.72. The molecule has 0 N–H and O–H groups in total. The monoisotopic (exact) mass is 227 g/mol. The molecule has 0 aliphatic heterocycles. The first-order valence-corrected chi connectivity index (χ1v) is 6.18. The molecule has 0 spiro atoms. The molecule has 0 saturated heterocycles. The number of ether oxygens (including phenoxy) is 1. The standard InChI is InChI=1S/C15H17NO/c1-3-16-9-8-11-4-5-12-10-13(17-2)6-7-14(12)15(11)16/h6-10H,3-5H2,1-2H3. The maximum atomic E-state index is 5.30. The summed E-state index contributed by atoms with van der Waals surface area (Å²) in [4.78, 5) is 0. The van der Waals surface area contributed by atoms with Gasteiger partial charge in [0, 0.05) is 18.3 Å². The van der Waals surface area contributed by atoms with Gasteiger partial charge in [-0.25, -0.2) is 0 Å². The van der Waals surface area contributed by atoms with E-state index in [1.165, 1.54) is 22.4 Å². The number of benzene rings is 1. The Balaban J connectivity index is 2.18. The van der Waals surface area contributed by atoms with Crippen LogP contribution >= 0.6 is 0 Å². The summed E-state index contributed by atoms with van der Waals surface area (Å²) in [5.74, 6) is 0.960. The Labute approximate surface area is 102 Å². The van der Waals surface area contributed by atoms with E-state index in [1.54, 1.807) is 7.11 Å². The van der Waals surface area contributed by atoms with Crippen LogP contribution < -0.4 is 4.74 Å². The Morgan fingerprint density at radius 3 is 2.76 bits per heavy atom. The molecule has 2 heteroatoms. The van der Waals surface area contributed by atoms with Crippen LogP contribution in [0.2, 0.25) is 0 Å². The lowest BCUT2D eigenvalue weighted by Crippen LogP contribution is -2.06. The third-order valence-electron chi connectivity index (χ3n) is 3.62. The predicted molar refractivity (Wildman–Crippen MR) is 69.5 cm³/mol. The number of methoxy groups -OCH3 is 1. The van der Waals surface area contributed by atoms with E-state index in [9.17, 15) is 0 Å². The number of rotatable bonds is 2. The van der Waals surface area contributed by atoms with Crippen molar-refractivity contribution in [2.75, 3.05) is 7.11 Å². The van der Waals surface area contributed by atoms with E-state index in [4.69, 9.17) is 4.74 Å². The summed E-state index contributed by atoms with van der Waals surface area (Å²) in [5.41, 5.74) is 5.66. The van der Waals surface area contributed by atoms with Gasteiger partial charge in [0.1, 0.15) is 5.75 Å². The van der Waals surface area contributed by atoms with Crippen molar-refractivity contribution in [1.29, 1.82) is 0 Å². The van der Waals surface area contributed by atoms with Gasteiger partial charge < -0.3 is 9.30 Å². The molecular formula is C15H17NO. The van der Waals surface area contributed by atoms with Crippen LogP contribution in [0.3, 0.4) is 0 Å². The van der Waals surface area contributed by atoms with Crippen molar-refractivity contribution in [1.82, 2.24) is 4.57 Å². The molecule has 0 unspecified atom stereocenters. The first-order chi connectivity index (χ1) is 8.33. The number of hydrogen-bond donors (Lipinski definition) is 0. The number of hydrogen-bond acceptors (Lipinski definition) is 1. The highest BCUT2D eigenvalue weighted by Gasteiger charge is 2.19. The molecule has 2 nitrogen and oxygen atoms in total. The molecule has 0 bridgehead atoms. The SMILES string of the molecule is CCn1ccc2c1-c1ccc(OC)cc1CC2. The van der Waals surface area contributed by atoms with E-state index in [0.29, 0.717) is 0 Å². The molecule has 0 amide bonds. The van der Waals surface area contributed by atoms with Crippen molar-refractivity contribution < 1.29 is 4.74 Å². The van der Waals surface area contributed by atoms with Crippen LogP contribution in [0.15, 0.2) is 30.5 Å². The smallest absolute Gasteiger partial charge is 0.119 e. The first-order valence-electron chi connectivity index (χ1n) is 6.18. The highest BCUT2D eigenvalue weighted by molar-refractivity contribution is 5.71. The topological polar surface area (TPSA) is 14.2 Å². The fraction of sp³-hybridized carbons (Fsp3) is 0.333. The molecule has 1 aliphatic carbocycles. The zero-order chi connectivity index (χ0) is 11.8. The summed E-state index contributed by atoms with van der Waals surface area (Å²) in [5, 5.41) is 0. The second-order valence-electron chi connectivity index (χ2n) is 4.50. The van der Waals surface area contributed by atoms with Crippen LogP contribution in [0, 0.1) is 0 Å². The van der Waals surface area contributed by atoms with E-state index in [2.05, 4.69) is 42.0 Å². The van der Waals surface area contributed by atoms with Crippen LogP contribution in [0.4, 0.5) is 0 Å². The molecule has 0 fully saturated rings. The highest BCUT2D eigenvalue weighted by atomic mass is 16.5. The number of fused-ring (bicyclic) bond motifs is 3. The minimum absolute atomic E-state index is 0.960. The summed E-state index contributed by atoms with van der Waals surface area (Å²) in [6.07, 6.45) is 4.46. The average molecular weight is 227 g/mol. The van der Waals surface area contributed by atoms with E-state index in [0.717, 1.165) is 25.1 Å². The average Bonchev–Trinajstić information content (AvgIpc) is 2.81. The molecule has 0 atom stereocenters. The minimum Gasteiger partial charge on any atom is -0.497 e. The Hall–Kier alpha value is -1.70. The Kier molecular flexibility index (Phi) is 2.43. The zero-order valence-electron chi connectivity index (χ0n) is 10.4. The van der Waals surface area contributed by atoms with Crippen LogP contribution in [-0.4, -0.2) is 11.7 Å². The third-order valence-corrected chi connectivity index (χ3v) is 3.62. The maximum absolute atomic E-state index is 5.30. The van der Waals surface area contributed by atoms with Gasteiger partial charge in [-0.05, 0) is 55.2 Å². The highest BCUT2D eigenvalue weighted by Crippen LogP contribution is 2.36. The number of nitrogens with zero attached hydrogens (tertiary/aromatic N) is 1.